The van der Waals surface area contributed by atoms with E-state index in [4.69, 9.17) is 0 Å². The Morgan fingerprint density at radius 2 is 1.69 bits per heavy atom. The van der Waals surface area contributed by atoms with Crippen LogP contribution in [-0.2, 0) is 6.54 Å². The molecule has 2 heteroatoms. The van der Waals surface area contributed by atoms with Crippen LogP contribution >= 0.6 is 11.8 Å². The molecule has 1 heterocycles. The zero-order valence-electron chi connectivity index (χ0n) is 8.79. The molecule has 0 atom stereocenters. The molecular weight excluding hydrogens is 178 g/mol. The summed E-state index contributed by atoms with van der Waals surface area (Å²) in [6, 6.07) is 4.19. The van der Waals surface area contributed by atoms with Crippen molar-refractivity contribution in [3.8, 4) is 0 Å². The summed E-state index contributed by atoms with van der Waals surface area (Å²) in [5.41, 5.74) is 0. The second-order valence-electron chi connectivity index (χ2n) is 3.45. The SMILES string of the molecule is CCC(CC)(Cn1cccc1)SC. The molecule has 13 heavy (non-hydrogen) atoms. The summed E-state index contributed by atoms with van der Waals surface area (Å²) in [4.78, 5) is 0. The molecule has 1 aromatic rings. The number of hydrogen-bond donors (Lipinski definition) is 0. The molecule has 0 N–H and O–H groups in total. The Morgan fingerprint density at radius 1 is 1.15 bits per heavy atom. The van der Waals surface area contributed by atoms with Crippen LogP contribution in [0.15, 0.2) is 24.5 Å². The molecule has 0 aromatic carbocycles. The Kier molecular flexibility index (Phi) is 3.91. The Hall–Kier alpha value is -0.370. The fourth-order valence-electron chi connectivity index (χ4n) is 1.64. The zero-order chi connectivity index (χ0) is 9.73. The molecule has 0 radical (unpaired) electrons. The van der Waals surface area contributed by atoms with Crippen LogP contribution in [0.3, 0.4) is 0 Å². The normalized spacial score (nSPS) is 11.9. The molecule has 1 aromatic heterocycles. The minimum absolute atomic E-state index is 0.430. The van der Waals surface area contributed by atoms with Crippen molar-refractivity contribution in [1.29, 1.82) is 0 Å². The summed E-state index contributed by atoms with van der Waals surface area (Å²) in [5.74, 6) is 0. The van der Waals surface area contributed by atoms with Crippen LogP contribution in [0.4, 0.5) is 0 Å². The molecule has 0 amide bonds. The molecule has 0 spiro atoms. The van der Waals surface area contributed by atoms with E-state index in [1.807, 2.05) is 11.8 Å². The number of nitrogens with zero attached hydrogens (tertiary/aromatic N) is 1. The Balaban J connectivity index is 2.67. The van der Waals surface area contributed by atoms with Crippen LogP contribution < -0.4 is 0 Å². The third kappa shape index (κ3) is 2.53. The lowest BCUT2D eigenvalue weighted by molar-refractivity contribution is 0.467. The van der Waals surface area contributed by atoms with Crippen LogP contribution in [0.5, 0.6) is 0 Å². The van der Waals surface area contributed by atoms with E-state index in [-0.39, 0.29) is 0 Å². The van der Waals surface area contributed by atoms with Gasteiger partial charge in [0.15, 0.2) is 0 Å². The summed E-state index contributed by atoms with van der Waals surface area (Å²) < 4.78 is 2.71. The van der Waals surface area contributed by atoms with Gasteiger partial charge in [0.05, 0.1) is 0 Å². The standard InChI is InChI=1S/C11H19NS/c1-4-11(5-2,13-3)10-12-8-6-7-9-12/h6-9H,4-5,10H2,1-3H3. The number of hydrogen-bond acceptors (Lipinski definition) is 1. The maximum atomic E-state index is 2.28. The van der Waals surface area contributed by atoms with E-state index in [1.165, 1.54) is 12.8 Å². The highest BCUT2D eigenvalue weighted by molar-refractivity contribution is 8.00. The molecular formula is C11H19NS. The summed E-state index contributed by atoms with van der Waals surface area (Å²) in [6.45, 7) is 5.70. The van der Waals surface area contributed by atoms with Crippen molar-refractivity contribution in [2.24, 2.45) is 0 Å². The molecule has 1 nitrogen and oxygen atoms in total. The number of thioether (sulfide) groups is 1. The van der Waals surface area contributed by atoms with E-state index in [1.54, 1.807) is 0 Å². The summed E-state index contributed by atoms with van der Waals surface area (Å²) in [5, 5.41) is 0. The van der Waals surface area contributed by atoms with Gasteiger partial charge >= 0.3 is 0 Å². The smallest absolute Gasteiger partial charge is 0.0366 e. The van der Waals surface area contributed by atoms with Crippen molar-refractivity contribution in [3.63, 3.8) is 0 Å². The van der Waals surface area contributed by atoms with Crippen LogP contribution in [0, 0.1) is 0 Å². The van der Waals surface area contributed by atoms with Crippen molar-refractivity contribution >= 4 is 11.8 Å². The predicted molar refractivity (Wildman–Crippen MR) is 61.3 cm³/mol. The first-order chi connectivity index (χ1) is 6.26. The molecule has 0 bridgehead atoms. The first kappa shape index (κ1) is 10.7. The van der Waals surface area contributed by atoms with Gasteiger partial charge in [0.2, 0.25) is 0 Å². The summed E-state index contributed by atoms with van der Waals surface area (Å²) in [7, 11) is 0. The van der Waals surface area contributed by atoms with Gasteiger partial charge in [-0.25, -0.2) is 0 Å². The quantitative estimate of drug-likeness (QED) is 0.700. The lowest BCUT2D eigenvalue weighted by Crippen LogP contribution is -2.28. The fourth-order valence-corrected chi connectivity index (χ4v) is 2.49. The highest BCUT2D eigenvalue weighted by atomic mass is 32.2. The van der Waals surface area contributed by atoms with Crippen molar-refractivity contribution < 1.29 is 0 Å². The number of rotatable bonds is 5. The average Bonchev–Trinajstić information content (AvgIpc) is 2.67. The molecule has 0 saturated carbocycles. The van der Waals surface area contributed by atoms with Crippen molar-refractivity contribution in [2.45, 2.75) is 38.0 Å². The summed E-state index contributed by atoms with van der Waals surface area (Å²) in [6.07, 6.45) is 8.99. The van der Waals surface area contributed by atoms with Crippen LogP contribution in [0.1, 0.15) is 26.7 Å². The first-order valence-electron chi connectivity index (χ1n) is 4.92. The molecule has 74 valence electrons. The Morgan fingerprint density at radius 3 is 2.08 bits per heavy atom. The van der Waals surface area contributed by atoms with Gasteiger partial charge in [-0.2, -0.15) is 11.8 Å². The predicted octanol–water partition coefficient (Wildman–Crippen LogP) is 3.41. The minimum atomic E-state index is 0.430. The molecule has 1 rings (SSSR count). The van der Waals surface area contributed by atoms with E-state index in [0.29, 0.717) is 4.75 Å². The lowest BCUT2D eigenvalue weighted by atomic mass is 10.0. The van der Waals surface area contributed by atoms with E-state index in [9.17, 15) is 0 Å². The van der Waals surface area contributed by atoms with Crippen LogP contribution in [0.2, 0.25) is 0 Å². The topological polar surface area (TPSA) is 4.93 Å². The fraction of sp³-hybridized carbons (Fsp3) is 0.636. The molecule has 0 saturated heterocycles. The molecule has 0 fully saturated rings. The highest BCUT2D eigenvalue weighted by Crippen LogP contribution is 2.32. The van der Waals surface area contributed by atoms with Crippen LogP contribution in [0.25, 0.3) is 0 Å². The van der Waals surface area contributed by atoms with Gasteiger partial charge in [-0.1, -0.05) is 13.8 Å². The van der Waals surface area contributed by atoms with Gasteiger partial charge in [0.1, 0.15) is 0 Å². The zero-order valence-corrected chi connectivity index (χ0v) is 9.60. The first-order valence-corrected chi connectivity index (χ1v) is 6.14. The van der Waals surface area contributed by atoms with Gasteiger partial charge in [-0.15, -0.1) is 0 Å². The van der Waals surface area contributed by atoms with Gasteiger partial charge in [-0.05, 0) is 31.2 Å². The number of aromatic nitrogens is 1. The van der Waals surface area contributed by atoms with Gasteiger partial charge in [0.25, 0.3) is 0 Å². The largest absolute Gasteiger partial charge is 0.353 e. The average molecular weight is 197 g/mol. The van der Waals surface area contributed by atoms with Gasteiger partial charge in [0, 0.05) is 23.7 Å². The van der Waals surface area contributed by atoms with Crippen molar-refractivity contribution in [1.82, 2.24) is 4.57 Å². The Bertz CT molecular complexity index is 216. The Labute approximate surface area is 85.5 Å². The highest BCUT2D eigenvalue weighted by Gasteiger charge is 2.24. The molecule has 0 aliphatic heterocycles. The molecule has 0 aliphatic rings. The lowest BCUT2D eigenvalue weighted by Gasteiger charge is -2.30. The second-order valence-corrected chi connectivity index (χ2v) is 4.72. The van der Waals surface area contributed by atoms with E-state index in [2.05, 4.69) is 49.2 Å². The maximum Gasteiger partial charge on any atom is 0.0366 e. The molecule has 0 aliphatic carbocycles. The third-order valence-corrected chi connectivity index (χ3v) is 4.43. The van der Waals surface area contributed by atoms with E-state index < -0.39 is 0 Å². The maximum absolute atomic E-state index is 2.28. The van der Waals surface area contributed by atoms with Gasteiger partial charge < -0.3 is 4.57 Å². The van der Waals surface area contributed by atoms with E-state index >= 15 is 0 Å². The second kappa shape index (κ2) is 4.75. The molecule has 0 unspecified atom stereocenters. The third-order valence-electron chi connectivity index (χ3n) is 2.86. The monoisotopic (exact) mass is 197 g/mol. The van der Waals surface area contributed by atoms with Gasteiger partial charge in [-0.3, -0.25) is 0 Å². The summed E-state index contributed by atoms with van der Waals surface area (Å²) >= 11 is 1.99. The van der Waals surface area contributed by atoms with E-state index in [0.717, 1.165) is 6.54 Å². The van der Waals surface area contributed by atoms with Crippen molar-refractivity contribution in [2.75, 3.05) is 6.26 Å². The van der Waals surface area contributed by atoms with Crippen molar-refractivity contribution in [3.05, 3.63) is 24.5 Å². The minimum Gasteiger partial charge on any atom is -0.353 e. The van der Waals surface area contributed by atoms with Crippen LogP contribution in [-0.4, -0.2) is 15.6 Å².